The second-order valence-corrected chi connectivity index (χ2v) is 7.25. The molecule has 0 radical (unpaired) electrons. The first-order valence-electron chi connectivity index (χ1n) is 12.1. The van der Waals surface area contributed by atoms with Crippen LogP contribution in [0.2, 0.25) is 0 Å². The number of nitro groups is 1. The molecule has 1 rings (SSSR count). The molecule has 8 nitrogen and oxygen atoms in total. The molecule has 0 heterocycles. The number of aliphatic hydroxyl groups excluding tert-OH is 1. The number of benzene rings is 1. The second-order valence-electron chi connectivity index (χ2n) is 6.32. The predicted molar refractivity (Wildman–Crippen MR) is 141 cm³/mol. The third-order valence-electron chi connectivity index (χ3n) is 3.37. The molecule has 0 saturated carbocycles. The van der Waals surface area contributed by atoms with E-state index in [2.05, 4.69) is 29.3 Å². The fraction of sp³-hybridized carbons (Fsp3) is 0.583. The van der Waals surface area contributed by atoms with E-state index in [9.17, 15) is 14.9 Å². The van der Waals surface area contributed by atoms with Gasteiger partial charge in [0.1, 0.15) is 0 Å². The van der Waals surface area contributed by atoms with E-state index in [4.69, 9.17) is 7.33 Å². The molecule has 0 fully saturated rings. The summed E-state index contributed by atoms with van der Waals surface area (Å²) in [5.41, 5.74) is 1.28. The van der Waals surface area contributed by atoms with Gasteiger partial charge in [-0.1, -0.05) is 26.8 Å². The first-order valence-corrected chi connectivity index (χ1v) is 12.1. The van der Waals surface area contributed by atoms with Crippen LogP contribution in [0.4, 0.5) is 5.69 Å². The van der Waals surface area contributed by atoms with Gasteiger partial charge in [0.25, 0.3) is 5.69 Å². The fourth-order valence-electron chi connectivity index (χ4n) is 2.12. The van der Waals surface area contributed by atoms with Crippen molar-refractivity contribution in [2.75, 3.05) is 19.8 Å². The number of nitrogens with zero attached hydrogens (tertiary/aromatic N) is 2. The SMILES string of the molecule is [2H]CCCC(=O)NCc1ccc([N+](=O)[O-])c(C(C)OPCC=NCC)c1.[3H]OC.[CH2-]CC.[CH2-]CC.[Ni+2]. The van der Waals surface area contributed by atoms with Crippen molar-refractivity contribution in [3.8, 4) is 0 Å². The van der Waals surface area contributed by atoms with Gasteiger partial charge in [0, 0.05) is 55.2 Å². The Balaban J connectivity index is -0.000000445. The van der Waals surface area contributed by atoms with Crippen molar-refractivity contribution in [1.82, 2.24) is 5.32 Å². The Bertz CT molecular complexity index is 684. The number of nitro benzene ring substituents is 1. The molecule has 0 aliphatic rings. The third kappa shape index (κ3) is 22.4. The zero-order chi connectivity index (χ0) is 27.5. The number of aliphatic imine (C=N–C) groups is 1. The molecule has 10 heteroatoms. The Hall–Kier alpha value is -1.40. The molecule has 0 bridgehead atoms. The Kier molecular flexibility index (Phi) is 30.3. The van der Waals surface area contributed by atoms with E-state index in [-0.39, 0.29) is 43.8 Å². The first-order chi connectivity index (χ1) is 16.7. The van der Waals surface area contributed by atoms with Gasteiger partial charge in [-0.15, -0.1) is 0 Å². The van der Waals surface area contributed by atoms with E-state index in [0.717, 1.165) is 24.9 Å². The standard InChI is InChI=1S/C17H26N3O4P.2C3H7.CH4O.Ni/c1-4-6-17(21)19-12-14-7-8-16(20(22)23)15(11-14)13(3)24-25-10-9-18-5-2;2*1-3-2;1-2;/h7-9,11,13,25H,4-6,10,12H2,1-3H3,(H,19,21);2*1,3H2,2H3;2H,1H3;/q;2*-1;;+2/i1D;;;2T;. The minimum Gasteiger partial charge on any atom is -0.400 e. The van der Waals surface area contributed by atoms with Gasteiger partial charge >= 0.3 is 16.5 Å². The van der Waals surface area contributed by atoms with Crippen molar-refractivity contribution in [2.45, 2.75) is 72.9 Å². The van der Waals surface area contributed by atoms with Crippen molar-refractivity contribution >= 4 is 26.6 Å². The first kappa shape index (κ1) is 34.8. The Morgan fingerprint density at radius 1 is 1.44 bits per heavy atom. The molecule has 0 saturated heterocycles. The van der Waals surface area contributed by atoms with Gasteiger partial charge in [0.2, 0.25) is 7.34 Å². The normalized spacial score (nSPS) is 11.4. The second kappa shape index (κ2) is 29.6. The minimum absolute atomic E-state index is 0. The zero-order valence-electron chi connectivity index (χ0n) is 23.2. The quantitative estimate of drug-likeness (QED) is 0.0688. The van der Waals surface area contributed by atoms with Crippen LogP contribution in [0.15, 0.2) is 23.2 Å². The van der Waals surface area contributed by atoms with Crippen molar-refractivity contribution < 1.29 is 37.2 Å². The van der Waals surface area contributed by atoms with Gasteiger partial charge in [0.15, 0.2) is 0 Å². The molecule has 1 amide bonds. The average molecular weight is 547 g/mol. The van der Waals surface area contributed by atoms with Gasteiger partial charge in [-0.25, -0.2) is 0 Å². The monoisotopic (exact) mass is 546 g/mol. The number of nitrogens with one attached hydrogen (secondary N) is 1. The molecule has 2 unspecified atom stereocenters. The van der Waals surface area contributed by atoms with Crippen LogP contribution in [0.5, 0.6) is 0 Å². The summed E-state index contributed by atoms with van der Waals surface area (Å²) in [6.45, 7) is 16.0. The number of carbonyl (C=O) groups is 1. The summed E-state index contributed by atoms with van der Waals surface area (Å²) in [6.07, 6.45) is 4.87. The van der Waals surface area contributed by atoms with Crippen LogP contribution in [0.25, 0.3) is 0 Å². The number of rotatable bonds is 11. The average Bonchev–Trinajstić information content (AvgIpc) is 2.82. The van der Waals surface area contributed by atoms with E-state index >= 15 is 0 Å². The van der Waals surface area contributed by atoms with Gasteiger partial charge in [-0.05, 0) is 31.9 Å². The topological polar surface area (TPSA) is 114 Å². The molecular weight excluding hydrogens is 500 g/mol. The van der Waals surface area contributed by atoms with Gasteiger partial charge in [0.05, 0.1) is 16.6 Å². The third-order valence-corrected chi connectivity index (χ3v) is 4.24. The van der Waals surface area contributed by atoms with E-state index in [1.807, 2.05) is 20.8 Å². The summed E-state index contributed by atoms with van der Waals surface area (Å²) in [6, 6.07) is 4.79. The Morgan fingerprint density at radius 3 is 2.53 bits per heavy atom. The zero-order valence-corrected chi connectivity index (χ0v) is 23.2. The molecule has 200 valence electrons. The summed E-state index contributed by atoms with van der Waals surface area (Å²) in [5, 5.41) is 17.5. The molecule has 34 heavy (non-hydrogen) atoms. The van der Waals surface area contributed by atoms with Gasteiger partial charge < -0.3 is 28.8 Å². The van der Waals surface area contributed by atoms with Crippen LogP contribution in [0, 0.1) is 24.0 Å². The summed E-state index contributed by atoms with van der Waals surface area (Å²) < 4.78 is 18.5. The molecule has 0 aromatic heterocycles. The van der Waals surface area contributed by atoms with Crippen molar-refractivity contribution in [1.29, 1.82) is 1.43 Å². The molecular formula is C24H44N3NiO5P. The number of hydrogen-bond donors (Lipinski definition) is 2. The van der Waals surface area contributed by atoms with E-state index in [1.165, 1.54) is 13.2 Å². The smallest absolute Gasteiger partial charge is 0.400 e. The predicted octanol–water partition coefficient (Wildman–Crippen LogP) is 5.84. The van der Waals surface area contributed by atoms with Crippen molar-refractivity contribution in [3.63, 3.8) is 0 Å². The minimum atomic E-state index is -0.428. The summed E-state index contributed by atoms with van der Waals surface area (Å²) >= 11 is 0. The van der Waals surface area contributed by atoms with Crippen LogP contribution < -0.4 is 5.32 Å². The van der Waals surface area contributed by atoms with Gasteiger partial charge in [-0.3, -0.25) is 19.9 Å². The molecule has 2 N–H and O–H groups in total. The molecule has 0 aliphatic heterocycles. The summed E-state index contributed by atoms with van der Waals surface area (Å²) in [7, 11) is 1.46. The van der Waals surface area contributed by atoms with Crippen molar-refractivity contribution in [2.24, 2.45) is 4.99 Å². The maximum atomic E-state index is 11.7. The molecule has 0 aliphatic carbocycles. The van der Waals surface area contributed by atoms with Crippen molar-refractivity contribution in [3.05, 3.63) is 53.3 Å². The van der Waals surface area contributed by atoms with E-state index < -0.39 is 11.0 Å². The summed E-state index contributed by atoms with van der Waals surface area (Å²) in [5.74, 6) is -0.127. The molecule has 0 spiro atoms. The van der Waals surface area contributed by atoms with E-state index in [1.54, 1.807) is 25.3 Å². The Labute approximate surface area is 221 Å². The fourth-order valence-corrected chi connectivity index (χ4v) is 2.80. The largest absolute Gasteiger partial charge is 2.00 e. The molecule has 2 atom stereocenters. The number of hydrogen-bond acceptors (Lipinski definition) is 6. The van der Waals surface area contributed by atoms with Crippen LogP contribution in [0.1, 0.15) is 78.9 Å². The number of aliphatic hydroxyl groups is 1. The van der Waals surface area contributed by atoms with Crippen LogP contribution in [-0.4, -0.2) is 43.4 Å². The van der Waals surface area contributed by atoms with Crippen LogP contribution >= 0.6 is 8.81 Å². The Morgan fingerprint density at radius 2 is 2.03 bits per heavy atom. The van der Waals surface area contributed by atoms with Crippen LogP contribution in [0.3, 0.4) is 0 Å². The molecule has 1 aromatic rings. The number of amides is 1. The number of carbonyl (C=O) groups excluding carboxylic acids is 1. The summed E-state index contributed by atoms with van der Waals surface area (Å²) in [4.78, 5) is 26.6. The molecule has 1 aromatic carbocycles. The maximum absolute atomic E-state index is 11.7. The van der Waals surface area contributed by atoms with E-state index in [0.29, 0.717) is 31.1 Å². The van der Waals surface area contributed by atoms with Crippen LogP contribution in [-0.2, 0) is 32.4 Å². The van der Waals surface area contributed by atoms with Gasteiger partial charge in [-0.2, -0.15) is 12.8 Å². The maximum Gasteiger partial charge on any atom is 2.00 e.